The van der Waals surface area contributed by atoms with Crippen molar-refractivity contribution in [3.05, 3.63) is 60.0 Å². The number of anilines is 4. The summed E-state index contributed by atoms with van der Waals surface area (Å²) in [4.78, 5) is 26.8. The monoisotopic (exact) mass is 567 g/mol. The predicted octanol–water partition coefficient (Wildman–Crippen LogP) is 3.56. The number of halogens is 1. The van der Waals surface area contributed by atoms with E-state index in [1.165, 1.54) is 30.3 Å². The van der Waals surface area contributed by atoms with Crippen molar-refractivity contribution in [2.45, 2.75) is 37.9 Å². The molecule has 3 N–H and O–H groups in total. The van der Waals surface area contributed by atoms with Gasteiger partial charge in [0.25, 0.3) is 5.91 Å². The summed E-state index contributed by atoms with van der Waals surface area (Å²) in [7, 11) is 1.82. The minimum Gasteiger partial charge on any atom is -0.385 e. The zero-order valence-corrected chi connectivity index (χ0v) is 23.6. The highest BCUT2D eigenvalue weighted by atomic mass is 19.1. The van der Waals surface area contributed by atoms with E-state index in [1.54, 1.807) is 4.52 Å². The number of amides is 1. The van der Waals surface area contributed by atoms with E-state index in [2.05, 4.69) is 61.1 Å². The number of aromatic nitrogens is 4. The number of benzene rings is 1. The fourth-order valence-corrected chi connectivity index (χ4v) is 6.85. The van der Waals surface area contributed by atoms with Gasteiger partial charge in [0.2, 0.25) is 0 Å². The first-order valence-electron chi connectivity index (χ1n) is 14.8. The standard InChI is InChI=1S/C31H34FN9O/c1-33-25-14-28(38-41-27(16-36-29(25)41)30(42)37-24-13-22(24)32)40-12-7-21-20(3-2-4-26(21)40)23-6-5-19(15-35-23)39-17-31(18-39)8-10-34-11-9-31/h2-6,14-16,22,24,33-34H,7-13,17-18H2,1H3,(H,37,42)/t22-,24+/m0/s1. The van der Waals surface area contributed by atoms with Crippen molar-refractivity contribution in [3.63, 3.8) is 0 Å². The van der Waals surface area contributed by atoms with E-state index >= 15 is 0 Å². The van der Waals surface area contributed by atoms with Gasteiger partial charge in [0.05, 0.1) is 35.5 Å². The Morgan fingerprint density at radius 2 is 1.95 bits per heavy atom. The van der Waals surface area contributed by atoms with E-state index < -0.39 is 12.2 Å². The Hall–Kier alpha value is -4.25. The van der Waals surface area contributed by atoms with Crippen LogP contribution < -0.4 is 25.8 Å². The molecule has 11 heteroatoms. The number of nitrogens with one attached hydrogen (secondary N) is 3. The zero-order valence-electron chi connectivity index (χ0n) is 23.6. The van der Waals surface area contributed by atoms with Crippen LogP contribution in [-0.2, 0) is 6.42 Å². The molecular weight excluding hydrogens is 533 g/mol. The molecule has 10 nitrogen and oxygen atoms in total. The van der Waals surface area contributed by atoms with Crippen LogP contribution >= 0.6 is 0 Å². The molecule has 1 aromatic carbocycles. The molecule has 42 heavy (non-hydrogen) atoms. The number of carbonyl (C=O) groups excluding carboxylic acids is 1. The van der Waals surface area contributed by atoms with E-state index in [-0.39, 0.29) is 11.6 Å². The lowest BCUT2D eigenvalue weighted by molar-refractivity contribution is 0.0940. The topological polar surface area (TPSA) is 103 Å². The molecule has 6 heterocycles. The number of hydrogen-bond acceptors (Lipinski definition) is 8. The molecule has 3 aliphatic heterocycles. The molecule has 0 radical (unpaired) electrons. The van der Waals surface area contributed by atoms with Crippen molar-refractivity contribution >= 4 is 34.4 Å². The highest BCUT2D eigenvalue weighted by Crippen LogP contribution is 2.42. The molecule has 2 atom stereocenters. The summed E-state index contributed by atoms with van der Waals surface area (Å²) in [5, 5.41) is 14.2. The first-order valence-corrected chi connectivity index (χ1v) is 14.8. The first-order chi connectivity index (χ1) is 20.5. The third-order valence-corrected chi connectivity index (χ3v) is 9.40. The van der Waals surface area contributed by atoms with Gasteiger partial charge in [-0.15, -0.1) is 5.10 Å². The summed E-state index contributed by atoms with van der Waals surface area (Å²) in [5.41, 5.74) is 7.66. The zero-order chi connectivity index (χ0) is 28.4. The van der Waals surface area contributed by atoms with Gasteiger partial charge < -0.3 is 25.8 Å². The summed E-state index contributed by atoms with van der Waals surface area (Å²) < 4.78 is 15.0. The third kappa shape index (κ3) is 4.17. The number of imidazole rings is 1. The van der Waals surface area contributed by atoms with Gasteiger partial charge >= 0.3 is 0 Å². The van der Waals surface area contributed by atoms with Crippen molar-refractivity contribution < 1.29 is 9.18 Å². The van der Waals surface area contributed by atoms with Crippen molar-refractivity contribution in [3.8, 4) is 11.3 Å². The molecule has 0 unspecified atom stereocenters. The van der Waals surface area contributed by atoms with Crippen LogP contribution in [-0.4, -0.2) is 77.5 Å². The minimum absolute atomic E-state index is 0.285. The largest absolute Gasteiger partial charge is 0.385 e. The molecule has 3 aromatic heterocycles. The lowest BCUT2D eigenvalue weighted by Crippen LogP contribution is -2.60. The smallest absolute Gasteiger partial charge is 0.271 e. The number of fused-ring (bicyclic) bond motifs is 2. The maximum atomic E-state index is 13.4. The van der Waals surface area contributed by atoms with E-state index in [1.807, 2.05) is 19.3 Å². The Bertz CT molecular complexity index is 1670. The molecule has 0 bridgehead atoms. The number of rotatable bonds is 6. The van der Waals surface area contributed by atoms with Crippen LogP contribution in [0.25, 0.3) is 16.9 Å². The Morgan fingerprint density at radius 3 is 2.69 bits per heavy atom. The number of hydrogen-bond donors (Lipinski definition) is 3. The van der Waals surface area contributed by atoms with Crippen LogP contribution in [0.15, 0.2) is 48.8 Å². The van der Waals surface area contributed by atoms with Crippen molar-refractivity contribution in [1.82, 2.24) is 30.2 Å². The second-order valence-electron chi connectivity index (χ2n) is 12.1. The maximum absolute atomic E-state index is 13.4. The van der Waals surface area contributed by atoms with Crippen molar-refractivity contribution in [2.24, 2.45) is 5.41 Å². The highest BCUT2D eigenvalue weighted by molar-refractivity contribution is 5.94. The summed E-state index contributed by atoms with van der Waals surface area (Å²) in [6, 6.07) is 12.2. The molecule has 4 aliphatic rings. The van der Waals surface area contributed by atoms with Crippen LogP contribution in [0.5, 0.6) is 0 Å². The molecule has 2 saturated heterocycles. The fourth-order valence-electron chi connectivity index (χ4n) is 6.85. The Balaban J connectivity index is 1.07. The molecule has 216 valence electrons. The molecule has 3 fully saturated rings. The van der Waals surface area contributed by atoms with Crippen LogP contribution in [0.2, 0.25) is 0 Å². The first kappa shape index (κ1) is 25.5. The molecule has 1 spiro atoms. The SMILES string of the molecule is CNc1cc(N2CCc3c(-c4ccc(N5CC6(CCNCC6)C5)cn4)cccc32)nn2c(C(=O)N[C@@H]3C[C@@H]3F)cnc12. The maximum Gasteiger partial charge on any atom is 0.271 e. The van der Waals surface area contributed by atoms with E-state index in [0.717, 1.165) is 61.8 Å². The van der Waals surface area contributed by atoms with E-state index in [4.69, 9.17) is 10.1 Å². The van der Waals surface area contributed by atoms with Crippen LogP contribution in [0, 0.1) is 5.41 Å². The molecule has 4 aromatic rings. The fraction of sp³-hybridized carbons (Fsp3) is 0.419. The van der Waals surface area contributed by atoms with Gasteiger partial charge in [-0.05, 0) is 56.1 Å². The molecular formula is C31H34FN9O. The Labute approximate surface area is 243 Å². The lowest BCUT2D eigenvalue weighted by atomic mass is 9.72. The number of alkyl halides is 1. The van der Waals surface area contributed by atoms with Gasteiger partial charge in [-0.1, -0.05) is 12.1 Å². The second-order valence-corrected chi connectivity index (χ2v) is 12.1. The van der Waals surface area contributed by atoms with Crippen LogP contribution in [0.4, 0.5) is 27.3 Å². The molecule has 1 aliphatic carbocycles. The summed E-state index contributed by atoms with van der Waals surface area (Å²) in [6.45, 7) is 5.24. The van der Waals surface area contributed by atoms with Crippen LogP contribution in [0.1, 0.15) is 35.3 Å². The number of pyridine rings is 1. The number of piperidine rings is 1. The van der Waals surface area contributed by atoms with Gasteiger partial charge in [-0.3, -0.25) is 9.78 Å². The van der Waals surface area contributed by atoms with Gasteiger partial charge in [0.1, 0.15) is 6.17 Å². The molecule has 1 saturated carbocycles. The lowest BCUT2D eigenvalue weighted by Gasteiger charge is -2.53. The van der Waals surface area contributed by atoms with Crippen molar-refractivity contribution in [1.29, 1.82) is 0 Å². The Morgan fingerprint density at radius 1 is 1.12 bits per heavy atom. The van der Waals surface area contributed by atoms with Gasteiger partial charge in [-0.2, -0.15) is 0 Å². The summed E-state index contributed by atoms with van der Waals surface area (Å²) in [5.74, 6) is 0.333. The third-order valence-electron chi connectivity index (χ3n) is 9.40. The minimum atomic E-state index is -0.979. The number of carbonyl (C=O) groups is 1. The van der Waals surface area contributed by atoms with E-state index in [0.29, 0.717) is 23.3 Å². The van der Waals surface area contributed by atoms with Gasteiger partial charge in [0.15, 0.2) is 17.2 Å². The van der Waals surface area contributed by atoms with Gasteiger partial charge in [-0.25, -0.2) is 13.9 Å². The average molecular weight is 568 g/mol. The summed E-state index contributed by atoms with van der Waals surface area (Å²) in [6.07, 6.45) is 6.25. The van der Waals surface area contributed by atoms with Crippen LogP contribution in [0.3, 0.4) is 0 Å². The Kier molecular flexibility index (Phi) is 5.85. The second kappa shape index (κ2) is 9.65. The van der Waals surface area contributed by atoms with Gasteiger partial charge in [0, 0.05) is 55.8 Å². The van der Waals surface area contributed by atoms with Crippen molar-refractivity contribution in [2.75, 3.05) is 54.9 Å². The predicted molar refractivity (Wildman–Crippen MR) is 160 cm³/mol. The average Bonchev–Trinajstić information content (AvgIpc) is 3.36. The normalized spacial score (nSPS) is 22.2. The molecule has 1 amide bonds. The quantitative estimate of drug-likeness (QED) is 0.325. The molecule has 8 rings (SSSR count). The summed E-state index contributed by atoms with van der Waals surface area (Å²) >= 11 is 0. The van der Waals surface area contributed by atoms with E-state index in [9.17, 15) is 9.18 Å². The number of nitrogens with zero attached hydrogens (tertiary/aromatic N) is 6. The highest BCUT2D eigenvalue weighted by Gasteiger charge is 2.43.